The number of hydrogen-bond donors (Lipinski definition) is 3. The molecule has 0 radical (unpaired) electrons. The molecule has 3 N–H and O–H groups in total. The third kappa shape index (κ3) is 3.16. The smallest absolute Gasteiger partial charge is 0.120 e. The highest BCUT2D eigenvalue weighted by atomic mass is 16.3. The van der Waals surface area contributed by atoms with Gasteiger partial charge in [0.25, 0.3) is 0 Å². The third-order valence-electron chi connectivity index (χ3n) is 5.25. The fraction of sp³-hybridized carbons (Fsp3) is 0.647. The molecule has 2 aliphatic rings. The summed E-state index contributed by atoms with van der Waals surface area (Å²) in [7, 11) is 0. The molecule has 0 aromatic heterocycles. The van der Waals surface area contributed by atoms with Crippen molar-refractivity contribution < 1.29 is 10.2 Å². The number of phenolic OH excluding ortho intramolecular Hbond substituents is 2. The molecular weight excluding hydrogens is 264 g/mol. The van der Waals surface area contributed by atoms with Crippen LogP contribution in [0.5, 0.6) is 11.5 Å². The van der Waals surface area contributed by atoms with Crippen LogP contribution in [0, 0.1) is 5.92 Å². The summed E-state index contributed by atoms with van der Waals surface area (Å²) in [4.78, 5) is 2.42. The van der Waals surface area contributed by atoms with Crippen LogP contribution in [0.1, 0.15) is 44.2 Å². The SMILES string of the molecule is CC(c1cc(O)ccc1O)N1CCC(C2CCCN2)CC1. The van der Waals surface area contributed by atoms with Crippen molar-refractivity contribution in [3.05, 3.63) is 23.8 Å². The van der Waals surface area contributed by atoms with Gasteiger partial charge in [0.1, 0.15) is 11.5 Å². The van der Waals surface area contributed by atoms with Crippen molar-refractivity contribution in [2.75, 3.05) is 19.6 Å². The molecule has 0 spiro atoms. The predicted octanol–water partition coefficient (Wildman–Crippen LogP) is 2.62. The lowest BCUT2D eigenvalue weighted by Crippen LogP contribution is -2.41. The molecule has 0 aliphatic carbocycles. The zero-order chi connectivity index (χ0) is 14.8. The fourth-order valence-electron chi connectivity index (χ4n) is 3.90. The summed E-state index contributed by atoms with van der Waals surface area (Å²) in [6.45, 7) is 5.43. The van der Waals surface area contributed by atoms with Crippen molar-refractivity contribution >= 4 is 0 Å². The summed E-state index contributed by atoms with van der Waals surface area (Å²) in [5.74, 6) is 1.30. The molecule has 2 aliphatic heterocycles. The van der Waals surface area contributed by atoms with E-state index in [2.05, 4.69) is 17.1 Å². The number of nitrogens with zero attached hydrogens (tertiary/aromatic N) is 1. The van der Waals surface area contributed by atoms with Gasteiger partial charge in [-0.05, 0) is 76.4 Å². The molecule has 116 valence electrons. The zero-order valence-electron chi connectivity index (χ0n) is 12.8. The van der Waals surface area contributed by atoms with Crippen molar-refractivity contribution in [1.82, 2.24) is 10.2 Å². The Kier molecular flexibility index (Phi) is 4.36. The molecule has 2 atom stereocenters. The summed E-state index contributed by atoms with van der Waals surface area (Å²) in [5.41, 5.74) is 0.826. The molecule has 2 fully saturated rings. The number of hydrogen-bond acceptors (Lipinski definition) is 4. The van der Waals surface area contributed by atoms with E-state index in [9.17, 15) is 10.2 Å². The first kappa shape index (κ1) is 14.7. The second kappa shape index (κ2) is 6.24. The molecule has 1 aromatic carbocycles. The van der Waals surface area contributed by atoms with E-state index < -0.39 is 0 Å². The summed E-state index contributed by atoms with van der Waals surface area (Å²) in [6.07, 6.45) is 5.09. The average molecular weight is 290 g/mol. The van der Waals surface area contributed by atoms with Gasteiger partial charge < -0.3 is 15.5 Å². The molecule has 4 nitrogen and oxygen atoms in total. The minimum atomic E-state index is 0.148. The summed E-state index contributed by atoms with van der Waals surface area (Å²) >= 11 is 0. The van der Waals surface area contributed by atoms with Crippen LogP contribution in [-0.4, -0.2) is 40.8 Å². The maximum absolute atomic E-state index is 10.0. The molecule has 4 heteroatoms. The lowest BCUT2D eigenvalue weighted by Gasteiger charge is -2.38. The van der Waals surface area contributed by atoms with Crippen molar-refractivity contribution in [1.29, 1.82) is 0 Å². The number of piperidine rings is 1. The van der Waals surface area contributed by atoms with Crippen LogP contribution in [0.25, 0.3) is 0 Å². The highest BCUT2D eigenvalue weighted by molar-refractivity contribution is 5.40. The van der Waals surface area contributed by atoms with E-state index in [0.29, 0.717) is 0 Å². The van der Waals surface area contributed by atoms with E-state index in [1.54, 1.807) is 12.1 Å². The Morgan fingerprint density at radius 3 is 2.62 bits per heavy atom. The minimum Gasteiger partial charge on any atom is -0.508 e. The Bertz CT molecular complexity index is 478. The molecule has 3 rings (SSSR count). The van der Waals surface area contributed by atoms with Crippen LogP contribution in [0.3, 0.4) is 0 Å². The predicted molar refractivity (Wildman–Crippen MR) is 83.5 cm³/mol. The maximum atomic E-state index is 10.0. The fourth-order valence-corrected chi connectivity index (χ4v) is 3.90. The Morgan fingerprint density at radius 2 is 1.95 bits per heavy atom. The molecule has 2 saturated heterocycles. The highest BCUT2D eigenvalue weighted by Gasteiger charge is 2.30. The number of phenols is 2. The van der Waals surface area contributed by atoms with Gasteiger partial charge in [-0.25, -0.2) is 0 Å². The standard InChI is InChI=1S/C17H26N2O2/c1-12(15-11-14(20)4-5-17(15)21)19-9-6-13(7-10-19)16-3-2-8-18-16/h4-5,11-13,16,18,20-21H,2-3,6-10H2,1H3. The van der Waals surface area contributed by atoms with E-state index in [1.807, 2.05) is 0 Å². The highest BCUT2D eigenvalue weighted by Crippen LogP contribution is 2.34. The van der Waals surface area contributed by atoms with Crippen LogP contribution in [0.2, 0.25) is 0 Å². The average Bonchev–Trinajstić information content (AvgIpc) is 3.03. The third-order valence-corrected chi connectivity index (χ3v) is 5.25. The van der Waals surface area contributed by atoms with Crippen LogP contribution >= 0.6 is 0 Å². The van der Waals surface area contributed by atoms with Crippen molar-refractivity contribution in [3.8, 4) is 11.5 Å². The number of rotatable bonds is 3. The van der Waals surface area contributed by atoms with Crippen molar-refractivity contribution in [2.24, 2.45) is 5.92 Å². The molecule has 0 amide bonds. The van der Waals surface area contributed by atoms with Crippen molar-refractivity contribution in [2.45, 2.75) is 44.7 Å². The van der Waals surface area contributed by atoms with Crippen molar-refractivity contribution in [3.63, 3.8) is 0 Å². The first-order chi connectivity index (χ1) is 10.1. The van der Waals surface area contributed by atoms with Gasteiger partial charge in [-0.2, -0.15) is 0 Å². The van der Waals surface area contributed by atoms with Gasteiger partial charge in [-0.3, -0.25) is 4.90 Å². The van der Waals surface area contributed by atoms with Crippen LogP contribution < -0.4 is 5.32 Å². The number of nitrogens with one attached hydrogen (secondary N) is 1. The van der Waals surface area contributed by atoms with Gasteiger partial charge in [0.05, 0.1) is 0 Å². The lowest BCUT2D eigenvalue weighted by atomic mass is 9.87. The quantitative estimate of drug-likeness (QED) is 0.749. The van der Waals surface area contributed by atoms with E-state index >= 15 is 0 Å². The summed E-state index contributed by atoms with van der Waals surface area (Å²) in [6, 6.07) is 5.66. The van der Waals surface area contributed by atoms with E-state index in [-0.39, 0.29) is 17.5 Å². The van der Waals surface area contributed by atoms with Gasteiger partial charge >= 0.3 is 0 Å². The Balaban J connectivity index is 1.62. The van der Waals surface area contributed by atoms with Gasteiger partial charge in [0.15, 0.2) is 0 Å². The molecule has 0 saturated carbocycles. The van der Waals surface area contributed by atoms with E-state index in [0.717, 1.165) is 30.6 Å². The van der Waals surface area contributed by atoms with Crippen LogP contribution in [0.4, 0.5) is 0 Å². The first-order valence-electron chi connectivity index (χ1n) is 8.14. The Hall–Kier alpha value is -1.26. The molecular formula is C17H26N2O2. The second-order valence-electron chi connectivity index (χ2n) is 6.50. The molecule has 1 aromatic rings. The second-order valence-corrected chi connectivity index (χ2v) is 6.50. The maximum Gasteiger partial charge on any atom is 0.120 e. The van der Waals surface area contributed by atoms with Gasteiger partial charge in [0, 0.05) is 17.6 Å². The van der Waals surface area contributed by atoms with Crippen LogP contribution in [0.15, 0.2) is 18.2 Å². The summed E-state index contributed by atoms with van der Waals surface area (Å²) in [5, 5.41) is 23.3. The number of benzene rings is 1. The number of likely N-dealkylation sites (tertiary alicyclic amines) is 1. The van der Waals surface area contributed by atoms with E-state index in [4.69, 9.17) is 0 Å². The molecule has 0 bridgehead atoms. The largest absolute Gasteiger partial charge is 0.508 e. The normalized spacial score (nSPS) is 26.0. The molecule has 2 heterocycles. The molecule has 2 unspecified atom stereocenters. The zero-order valence-corrected chi connectivity index (χ0v) is 12.8. The van der Waals surface area contributed by atoms with Crippen LogP contribution in [-0.2, 0) is 0 Å². The first-order valence-corrected chi connectivity index (χ1v) is 8.14. The van der Waals surface area contributed by atoms with Gasteiger partial charge in [-0.15, -0.1) is 0 Å². The minimum absolute atomic E-state index is 0.148. The number of aromatic hydroxyl groups is 2. The molecule has 21 heavy (non-hydrogen) atoms. The summed E-state index contributed by atoms with van der Waals surface area (Å²) < 4.78 is 0. The van der Waals surface area contributed by atoms with Gasteiger partial charge in [-0.1, -0.05) is 0 Å². The lowest BCUT2D eigenvalue weighted by molar-refractivity contribution is 0.125. The Morgan fingerprint density at radius 1 is 1.19 bits per heavy atom. The van der Waals surface area contributed by atoms with E-state index in [1.165, 1.54) is 38.3 Å². The van der Waals surface area contributed by atoms with Gasteiger partial charge in [0.2, 0.25) is 0 Å². The monoisotopic (exact) mass is 290 g/mol. The topological polar surface area (TPSA) is 55.7 Å². The Labute approximate surface area is 126 Å².